The summed E-state index contributed by atoms with van der Waals surface area (Å²) in [7, 11) is 0. The van der Waals surface area contributed by atoms with Crippen molar-refractivity contribution in [3.05, 3.63) is 59.5 Å². The molecule has 0 amide bonds. The topological polar surface area (TPSA) is 42.2 Å². The summed E-state index contributed by atoms with van der Waals surface area (Å²) in [5.41, 5.74) is 5.51. The quantitative estimate of drug-likeness (QED) is 0.788. The van der Waals surface area contributed by atoms with Crippen molar-refractivity contribution >= 4 is 11.3 Å². The van der Waals surface area contributed by atoms with Crippen LogP contribution in [0.4, 0.5) is 5.69 Å². The highest BCUT2D eigenvalue weighted by atomic mass is 15.2. The Morgan fingerprint density at radius 2 is 2.10 bits per heavy atom. The Morgan fingerprint density at radius 1 is 1.25 bits per heavy atom. The van der Waals surface area contributed by atoms with Gasteiger partial charge in [0.25, 0.3) is 0 Å². The number of fused-ring (bicyclic) bond motifs is 1. The van der Waals surface area contributed by atoms with E-state index in [4.69, 9.17) is 0 Å². The first-order valence-corrected chi connectivity index (χ1v) is 6.89. The molecule has 102 valence electrons. The first-order valence-electron chi connectivity index (χ1n) is 6.89. The van der Waals surface area contributed by atoms with Crippen LogP contribution >= 0.6 is 0 Å². The van der Waals surface area contributed by atoms with Gasteiger partial charge in [-0.1, -0.05) is 25.1 Å². The number of benzene rings is 1. The van der Waals surface area contributed by atoms with E-state index in [0.29, 0.717) is 0 Å². The first kappa shape index (κ1) is 12.7. The molecule has 0 saturated heterocycles. The minimum absolute atomic E-state index is 0.749. The van der Waals surface area contributed by atoms with E-state index in [1.165, 1.54) is 11.3 Å². The molecule has 1 aromatic carbocycles. The number of aromatic nitrogens is 3. The number of anilines is 1. The van der Waals surface area contributed by atoms with E-state index in [-0.39, 0.29) is 0 Å². The van der Waals surface area contributed by atoms with Crippen LogP contribution in [0, 0.1) is 6.92 Å². The maximum absolute atomic E-state index is 4.42. The lowest BCUT2D eigenvalue weighted by Gasteiger charge is -2.10. The summed E-state index contributed by atoms with van der Waals surface area (Å²) in [5, 5.41) is 7.86. The molecule has 2 aromatic heterocycles. The summed E-state index contributed by atoms with van der Waals surface area (Å²) >= 11 is 0. The van der Waals surface area contributed by atoms with Crippen molar-refractivity contribution in [1.82, 2.24) is 14.6 Å². The number of hydrogen-bond acceptors (Lipinski definition) is 3. The van der Waals surface area contributed by atoms with Gasteiger partial charge in [-0.15, -0.1) is 0 Å². The second-order valence-electron chi connectivity index (χ2n) is 4.91. The molecule has 3 aromatic rings. The predicted octanol–water partition coefficient (Wildman–Crippen LogP) is 3.21. The van der Waals surface area contributed by atoms with Crippen LogP contribution < -0.4 is 5.32 Å². The second-order valence-corrected chi connectivity index (χ2v) is 4.91. The minimum atomic E-state index is 0.749. The molecule has 0 fully saturated rings. The van der Waals surface area contributed by atoms with Crippen molar-refractivity contribution in [3.8, 4) is 0 Å². The SMILES string of the molecule is CCc1ccccc1NCc1cnc2cc(C)nn2c1. The number of hydrogen-bond donors (Lipinski definition) is 1. The molecule has 0 aliphatic heterocycles. The van der Waals surface area contributed by atoms with Crippen molar-refractivity contribution in [2.24, 2.45) is 0 Å². The number of nitrogens with one attached hydrogen (secondary N) is 1. The van der Waals surface area contributed by atoms with Crippen LogP contribution in [0.5, 0.6) is 0 Å². The molecule has 2 heterocycles. The molecule has 0 aliphatic rings. The second kappa shape index (κ2) is 5.33. The molecule has 0 unspecified atom stereocenters. The molecule has 0 bridgehead atoms. The Morgan fingerprint density at radius 3 is 2.95 bits per heavy atom. The zero-order valence-corrected chi connectivity index (χ0v) is 11.8. The van der Waals surface area contributed by atoms with Gasteiger partial charge in [-0.25, -0.2) is 9.50 Å². The van der Waals surface area contributed by atoms with E-state index in [1.54, 1.807) is 0 Å². The Bertz CT molecular complexity index is 730. The molecule has 0 saturated carbocycles. The van der Waals surface area contributed by atoms with Crippen LogP contribution in [-0.2, 0) is 13.0 Å². The number of para-hydroxylation sites is 1. The van der Waals surface area contributed by atoms with Crippen LogP contribution in [0.1, 0.15) is 23.7 Å². The van der Waals surface area contributed by atoms with E-state index in [2.05, 4.69) is 46.6 Å². The third-order valence-corrected chi connectivity index (χ3v) is 3.37. The van der Waals surface area contributed by atoms with E-state index in [9.17, 15) is 0 Å². The molecule has 20 heavy (non-hydrogen) atoms. The standard InChI is InChI=1S/C16H18N4/c1-3-14-6-4-5-7-15(14)17-9-13-10-18-16-8-12(2)19-20(16)11-13/h4-8,10-11,17H,3,9H2,1-2H3. The van der Waals surface area contributed by atoms with Crippen molar-refractivity contribution in [1.29, 1.82) is 0 Å². The smallest absolute Gasteiger partial charge is 0.155 e. The largest absolute Gasteiger partial charge is 0.381 e. The van der Waals surface area contributed by atoms with Gasteiger partial charge >= 0.3 is 0 Å². The zero-order chi connectivity index (χ0) is 13.9. The summed E-state index contributed by atoms with van der Waals surface area (Å²) in [6, 6.07) is 10.4. The fraction of sp³-hybridized carbons (Fsp3) is 0.250. The van der Waals surface area contributed by atoms with Crippen LogP contribution in [-0.4, -0.2) is 14.6 Å². The molecule has 1 N–H and O–H groups in total. The van der Waals surface area contributed by atoms with Crippen LogP contribution in [0.25, 0.3) is 5.65 Å². The van der Waals surface area contributed by atoms with Gasteiger partial charge in [0.1, 0.15) is 0 Å². The summed E-state index contributed by atoms with van der Waals surface area (Å²) in [4.78, 5) is 4.42. The minimum Gasteiger partial charge on any atom is -0.381 e. The van der Waals surface area contributed by atoms with E-state index in [0.717, 1.165) is 29.9 Å². The molecule has 0 atom stereocenters. The maximum atomic E-state index is 4.42. The molecule has 0 aliphatic carbocycles. The van der Waals surface area contributed by atoms with Crippen molar-refractivity contribution in [2.75, 3.05) is 5.32 Å². The number of nitrogens with zero attached hydrogens (tertiary/aromatic N) is 3. The summed E-state index contributed by atoms with van der Waals surface area (Å²) < 4.78 is 1.83. The molecular weight excluding hydrogens is 248 g/mol. The van der Waals surface area contributed by atoms with Gasteiger partial charge in [-0.3, -0.25) is 0 Å². The Kier molecular flexibility index (Phi) is 3.37. The van der Waals surface area contributed by atoms with Crippen molar-refractivity contribution in [2.45, 2.75) is 26.8 Å². The summed E-state index contributed by atoms with van der Waals surface area (Å²) in [6.07, 6.45) is 4.95. The highest BCUT2D eigenvalue weighted by Crippen LogP contribution is 2.16. The van der Waals surface area contributed by atoms with Gasteiger partial charge in [-0.05, 0) is 25.0 Å². The lowest BCUT2D eigenvalue weighted by atomic mass is 10.1. The average Bonchev–Trinajstić information content (AvgIpc) is 2.84. The lowest BCUT2D eigenvalue weighted by molar-refractivity contribution is 0.895. The Balaban J connectivity index is 1.79. The fourth-order valence-corrected chi connectivity index (χ4v) is 2.32. The Hall–Kier alpha value is -2.36. The summed E-state index contributed by atoms with van der Waals surface area (Å²) in [5.74, 6) is 0. The third kappa shape index (κ3) is 2.50. The molecule has 0 radical (unpaired) electrons. The van der Waals surface area contributed by atoms with Crippen molar-refractivity contribution < 1.29 is 0 Å². The monoisotopic (exact) mass is 266 g/mol. The van der Waals surface area contributed by atoms with Crippen LogP contribution in [0.3, 0.4) is 0 Å². The zero-order valence-electron chi connectivity index (χ0n) is 11.8. The van der Waals surface area contributed by atoms with Crippen LogP contribution in [0.15, 0.2) is 42.7 Å². The van der Waals surface area contributed by atoms with Gasteiger partial charge in [0.2, 0.25) is 0 Å². The molecule has 0 spiro atoms. The number of rotatable bonds is 4. The average molecular weight is 266 g/mol. The molecule has 4 nitrogen and oxygen atoms in total. The third-order valence-electron chi connectivity index (χ3n) is 3.37. The molecule has 4 heteroatoms. The molecular formula is C16H18N4. The predicted molar refractivity (Wildman–Crippen MR) is 80.9 cm³/mol. The Labute approximate surface area is 118 Å². The van der Waals surface area contributed by atoms with E-state index >= 15 is 0 Å². The number of aryl methyl sites for hydroxylation is 2. The van der Waals surface area contributed by atoms with Gasteiger partial charge < -0.3 is 5.32 Å². The van der Waals surface area contributed by atoms with Gasteiger partial charge in [0.05, 0.1) is 5.69 Å². The van der Waals surface area contributed by atoms with Gasteiger partial charge in [0.15, 0.2) is 5.65 Å². The van der Waals surface area contributed by atoms with E-state index in [1.807, 2.05) is 29.9 Å². The lowest BCUT2D eigenvalue weighted by Crippen LogP contribution is -2.04. The summed E-state index contributed by atoms with van der Waals surface area (Å²) in [6.45, 7) is 4.89. The fourth-order valence-electron chi connectivity index (χ4n) is 2.32. The highest BCUT2D eigenvalue weighted by molar-refractivity contribution is 5.51. The normalized spacial score (nSPS) is 10.9. The highest BCUT2D eigenvalue weighted by Gasteiger charge is 2.02. The van der Waals surface area contributed by atoms with Crippen LogP contribution in [0.2, 0.25) is 0 Å². The van der Waals surface area contributed by atoms with Gasteiger partial charge in [0, 0.05) is 36.3 Å². The van der Waals surface area contributed by atoms with Gasteiger partial charge in [-0.2, -0.15) is 5.10 Å². The van der Waals surface area contributed by atoms with Crippen molar-refractivity contribution in [3.63, 3.8) is 0 Å². The maximum Gasteiger partial charge on any atom is 0.155 e. The molecule has 3 rings (SSSR count). The first-order chi connectivity index (χ1) is 9.76. The van der Waals surface area contributed by atoms with E-state index < -0.39 is 0 Å².